The predicted octanol–water partition coefficient (Wildman–Crippen LogP) is 2.54. The number of hydrogen-bond acceptors (Lipinski definition) is 5. The maximum absolute atomic E-state index is 10.5. The number of rotatable bonds is 7. The Hall–Kier alpha value is -2.18. The molecule has 1 aromatic carbocycles. The highest BCUT2D eigenvalue weighted by Crippen LogP contribution is 2.16. The lowest BCUT2D eigenvalue weighted by Gasteiger charge is -2.14. The van der Waals surface area contributed by atoms with Crippen molar-refractivity contribution in [3.05, 3.63) is 63.4 Å². The van der Waals surface area contributed by atoms with Crippen LogP contribution in [0.1, 0.15) is 16.9 Å². The topological polar surface area (TPSA) is 71.5 Å². The van der Waals surface area contributed by atoms with Crippen LogP contribution in [0.25, 0.3) is 0 Å². The van der Waals surface area contributed by atoms with Crippen molar-refractivity contribution in [3.63, 3.8) is 0 Å². The molecule has 0 saturated heterocycles. The van der Waals surface area contributed by atoms with E-state index in [0.29, 0.717) is 18.8 Å². The highest BCUT2D eigenvalue weighted by molar-refractivity contribution is 5.27. The largest absolute Gasteiger partial charge is 0.433 e. The van der Waals surface area contributed by atoms with Gasteiger partial charge in [-0.15, -0.1) is 0 Å². The Morgan fingerprint density at radius 2 is 1.86 bits per heavy atom. The molecular formula is C15H19N3O3. The number of benzene rings is 1. The average molecular weight is 289 g/mol. The molecule has 0 radical (unpaired) electrons. The zero-order valence-corrected chi connectivity index (χ0v) is 12.2. The van der Waals surface area contributed by atoms with E-state index in [9.17, 15) is 10.1 Å². The monoisotopic (exact) mass is 289 g/mol. The molecule has 0 atom stereocenters. The Balaban J connectivity index is 1.92. The molecule has 1 heterocycles. The van der Waals surface area contributed by atoms with Crippen molar-refractivity contribution in [2.75, 3.05) is 14.1 Å². The second-order valence-corrected chi connectivity index (χ2v) is 5.11. The first kappa shape index (κ1) is 15.2. The summed E-state index contributed by atoms with van der Waals surface area (Å²) in [5.41, 5.74) is 2.48. The van der Waals surface area contributed by atoms with Gasteiger partial charge in [0.2, 0.25) is 0 Å². The number of nitrogens with one attached hydrogen (secondary N) is 1. The first-order valence-electron chi connectivity index (χ1n) is 6.71. The first-order valence-corrected chi connectivity index (χ1v) is 6.71. The van der Waals surface area contributed by atoms with Crippen molar-refractivity contribution in [2.45, 2.75) is 19.6 Å². The number of furan rings is 1. The second kappa shape index (κ2) is 7.01. The van der Waals surface area contributed by atoms with Crippen LogP contribution in [0.3, 0.4) is 0 Å². The Labute approximate surface area is 123 Å². The van der Waals surface area contributed by atoms with Crippen molar-refractivity contribution in [1.29, 1.82) is 0 Å². The van der Waals surface area contributed by atoms with Gasteiger partial charge in [0.05, 0.1) is 12.6 Å². The maximum Gasteiger partial charge on any atom is 0.433 e. The fourth-order valence-electron chi connectivity index (χ4n) is 2.10. The van der Waals surface area contributed by atoms with E-state index in [0.717, 1.165) is 6.54 Å². The first-order chi connectivity index (χ1) is 10.1. The molecule has 0 aliphatic carbocycles. The Bertz CT molecular complexity index is 608. The van der Waals surface area contributed by atoms with Gasteiger partial charge < -0.3 is 14.6 Å². The van der Waals surface area contributed by atoms with E-state index in [2.05, 4.69) is 22.3 Å². The quantitative estimate of drug-likeness (QED) is 0.626. The Kier molecular flexibility index (Phi) is 5.08. The molecule has 0 spiro atoms. The summed E-state index contributed by atoms with van der Waals surface area (Å²) in [5.74, 6) is 0.339. The van der Waals surface area contributed by atoms with E-state index in [4.69, 9.17) is 4.42 Å². The van der Waals surface area contributed by atoms with E-state index in [1.807, 2.05) is 26.2 Å². The van der Waals surface area contributed by atoms with Gasteiger partial charge in [-0.3, -0.25) is 10.1 Å². The van der Waals surface area contributed by atoms with Gasteiger partial charge in [-0.25, -0.2) is 0 Å². The molecule has 2 aromatic rings. The summed E-state index contributed by atoms with van der Waals surface area (Å²) in [7, 11) is 4.07. The van der Waals surface area contributed by atoms with E-state index >= 15 is 0 Å². The second-order valence-electron chi connectivity index (χ2n) is 5.11. The molecule has 1 N–H and O–H groups in total. The molecule has 2 rings (SSSR count). The van der Waals surface area contributed by atoms with Crippen LogP contribution in [-0.4, -0.2) is 23.9 Å². The molecule has 6 nitrogen and oxygen atoms in total. The number of hydrogen-bond donors (Lipinski definition) is 1. The zero-order valence-electron chi connectivity index (χ0n) is 12.2. The molecule has 0 saturated carbocycles. The van der Waals surface area contributed by atoms with Crippen LogP contribution in [0.2, 0.25) is 0 Å². The standard InChI is InChI=1S/C15H19N3O3/c1-17(2)11-13-6-4-3-5-12(13)9-16-10-14-7-8-15(21-14)18(19)20/h3-8,16H,9-11H2,1-2H3. The third-order valence-corrected chi connectivity index (χ3v) is 3.05. The molecule has 112 valence electrons. The molecule has 6 heteroatoms. The summed E-state index contributed by atoms with van der Waals surface area (Å²) in [5, 5.41) is 13.8. The van der Waals surface area contributed by atoms with Crippen LogP contribution >= 0.6 is 0 Å². The highest BCUT2D eigenvalue weighted by atomic mass is 16.6. The van der Waals surface area contributed by atoms with Crippen LogP contribution in [0, 0.1) is 10.1 Å². The minimum absolute atomic E-state index is 0.222. The normalized spacial score (nSPS) is 11.0. The van der Waals surface area contributed by atoms with E-state index in [-0.39, 0.29) is 5.88 Å². The molecule has 21 heavy (non-hydrogen) atoms. The van der Waals surface area contributed by atoms with Gasteiger partial charge in [-0.05, 0) is 31.3 Å². The van der Waals surface area contributed by atoms with Gasteiger partial charge in [0, 0.05) is 13.1 Å². The van der Waals surface area contributed by atoms with Crippen molar-refractivity contribution in [3.8, 4) is 0 Å². The van der Waals surface area contributed by atoms with Gasteiger partial charge in [0.15, 0.2) is 0 Å². The Morgan fingerprint density at radius 3 is 2.48 bits per heavy atom. The molecule has 0 amide bonds. The van der Waals surface area contributed by atoms with Crippen molar-refractivity contribution >= 4 is 5.88 Å². The number of nitro groups is 1. The molecule has 1 aromatic heterocycles. The highest BCUT2D eigenvalue weighted by Gasteiger charge is 2.11. The Morgan fingerprint density at radius 1 is 1.14 bits per heavy atom. The lowest BCUT2D eigenvalue weighted by Crippen LogP contribution is -2.17. The lowest BCUT2D eigenvalue weighted by atomic mass is 10.1. The summed E-state index contributed by atoms with van der Waals surface area (Å²) in [4.78, 5) is 12.1. The van der Waals surface area contributed by atoms with Gasteiger partial charge in [0.1, 0.15) is 10.7 Å². The van der Waals surface area contributed by atoms with Crippen LogP contribution in [0.4, 0.5) is 5.88 Å². The summed E-state index contributed by atoms with van der Waals surface area (Å²) in [6, 6.07) is 11.2. The third-order valence-electron chi connectivity index (χ3n) is 3.05. The maximum atomic E-state index is 10.5. The fraction of sp³-hybridized carbons (Fsp3) is 0.333. The lowest BCUT2D eigenvalue weighted by molar-refractivity contribution is -0.402. The van der Waals surface area contributed by atoms with Crippen molar-refractivity contribution in [1.82, 2.24) is 10.2 Å². The summed E-state index contributed by atoms with van der Waals surface area (Å²) in [6.07, 6.45) is 0. The molecular weight excluding hydrogens is 270 g/mol. The van der Waals surface area contributed by atoms with Crippen LogP contribution < -0.4 is 5.32 Å². The minimum atomic E-state index is -0.532. The van der Waals surface area contributed by atoms with Crippen LogP contribution in [0.5, 0.6) is 0 Å². The fourth-order valence-corrected chi connectivity index (χ4v) is 2.10. The molecule has 0 aliphatic rings. The SMILES string of the molecule is CN(C)Cc1ccccc1CNCc1ccc([N+](=O)[O-])o1. The zero-order chi connectivity index (χ0) is 15.2. The smallest absolute Gasteiger partial charge is 0.404 e. The molecule has 0 unspecified atom stereocenters. The van der Waals surface area contributed by atoms with Gasteiger partial charge in [-0.2, -0.15) is 0 Å². The van der Waals surface area contributed by atoms with Crippen molar-refractivity contribution < 1.29 is 9.34 Å². The van der Waals surface area contributed by atoms with Crippen molar-refractivity contribution in [2.24, 2.45) is 0 Å². The van der Waals surface area contributed by atoms with Gasteiger partial charge in [-0.1, -0.05) is 24.3 Å². The summed E-state index contributed by atoms with van der Waals surface area (Å²) >= 11 is 0. The number of nitrogens with zero attached hydrogens (tertiary/aromatic N) is 2. The predicted molar refractivity (Wildman–Crippen MR) is 79.7 cm³/mol. The molecule has 0 fully saturated rings. The van der Waals surface area contributed by atoms with Gasteiger partial charge >= 0.3 is 5.88 Å². The summed E-state index contributed by atoms with van der Waals surface area (Å²) in [6.45, 7) is 2.03. The van der Waals surface area contributed by atoms with Gasteiger partial charge in [0.25, 0.3) is 0 Å². The van der Waals surface area contributed by atoms with E-state index < -0.39 is 4.92 Å². The molecule has 0 aliphatic heterocycles. The summed E-state index contributed by atoms with van der Waals surface area (Å²) < 4.78 is 5.11. The molecule has 0 bridgehead atoms. The minimum Gasteiger partial charge on any atom is -0.404 e. The third kappa shape index (κ3) is 4.40. The van der Waals surface area contributed by atoms with Crippen LogP contribution in [0.15, 0.2) is 40.8 Å². The average Bonchev–Trinajstić information content (AvgIpc) is 2.89. The van der Waals surface area contributed by atoms with E-state index in [1.165, 1.54) is 17.2 Å². The van der Waals surface area contributed by atoms with Crippen LogP contribution in [-0.2, 0) is 19.6 Å². The van der Waals surface area contributed by atoms with E-state index in [1.54, 1.807) is 6.07 Å².